The molecule has 1 aromatic heterocycles. The van der Waals surface area contributed by atoms with Crippen molar-refractivity contribution in [1.29, 1.82) is 5.26 Å². The predicted octanol–water partition coefficient (Wildman–Crippen LogP) is 2.44. The van der Waals surface area contributed by atoms with E-state index in [1.807, 2.05) is 18.2 Å². The highest BCUT2D eigenvalue weighted by atomic mass is 35.5. The summed E-state index contributed by atoms with van der Waals surface area (Å²) in [5.41, 5.74) is 1.43. The SMILES string of the molecule is N#Cc1ccc(OC2CN(C(=O)Cc3ccc(Cl)cc3)C2)nc1. The highest BCUT2D eigenvalue weighted by molar-refractivity contribution is 6.30. The first-order valence-electron chi connectivity index (χ1n) is 7.19. The largest absolute Gasteiger partial charge is 0.471 e. The van der Waals surface area contributed by atoms with Gasteiger partial charge in [0.05, 0.1) is 25.1 Å². The van der Waals surface area contributed by atoms with Crippen LogP contribution >= 0.6 is 11.6 Å². The van der Waals surface area contributed by atoms with Gasteiger partial charge in [-0.05, 0) is 23.8 Å². The van der Waals surface area contributed by atoms with Crippen molar-refractivity contribution >= 4 is 17.5 Å². The molecule has 1 aromatic carbocycles. The Morgan fingerprint density at radius 2 is 2.04 bits per heavy atom. The molecule has 1 amide bonds. The Morgan fingerprint density at radius 1 is 1.30 bits per heavy atom. The molecule has 6 heteroatoms. The van der Waals surface area contributed by atoms with Crippen LogP contribution in [0.1, 0.15) is 11.1 Å². The van der Waals surface area contributed by atoms with E-state index in [1.165, 1.54) is 6.20 Å². The summed E-state index contributed by atoms with van der Waals surface area (Å²) in [7, 11) is 0. The fourth-order valence-electron chi connectivity index (χ4n) is 2.29. The average molecular weight is 328 g/mol. The van der Waals surface area contributed by atoms with Crippen LogP contribution < -0.4 is 4.74 Å². The van der Waals surface area contributed by atoms with E-state index in [9.17, 15) is 4.79 Å². The van der Waals surface area contributed by atoms with Crippen LogP contribution in [0.25, 0.3) is 0 Å². The molecule has 0 radical (unpaired) electrons. The Kier molecular flexibility index (Phi) is 4.45. The molecule has 2 aromatic rings. The lowest BCUT2D eigenvalue weighted by Crippen LogP contribution is -2.56. The molecule has 1 aliphatic rings. The van der Waals surface area contributed by atoms with Crippen molar-refractivity contribution in [3.63, 3.8) is 0 Å². The quantitative estimate of drug-likeness (QED) is 0.865. The molecule has 116 valence electrons. The van der Waals surface area contributed by atoms with E-state index in [4.69, 9.17) is 21.6 Å². The Labute approximate surface area is 139 Å². The minimum absolute atomic E-state index is 0.0513. The number of benzene rings is 1. The average Bonchev–Trinajstić information content (AvgIpc) is 2.53. The fraction of sp³-hybridized carbons (Fsp3) is 0.235. The number of pyridine rings is 1. The van der Waals surface area contributed by atoms with Gasteiger partial charge in [-0.15, -0.1) is 0 Å². The van der Waals surface area contributed by atoms with Crippen LogP contribution in [0, 0.1) is 11.3 Å². The highest BCUT2D eigenvalue weighted by Crippen LogP contribution is 2.18. The number of hydrogen-bond acceptors (Lipinski definition) is 4. The third kappa shape index (κ3) is 3.79. The molecule has 23 heavy (non-hydrogen) atoms. The molecule has 1 fully saturated rings. The molecule has 0 bridgehead atoms. The Hall–Kier alpha value is -2.58. The van der Waals surface area contributed by atoms with E-state index < -0.39 is 0 Å². The Balaban J connectivity index is 1.47. The summed E-state index contributed by atoms with van der Waals surface area (Å²) >= 11 is 5.83. The lowest BCUT2D eigenvalue weighted by atomic mass is 10.1. The number of likely N-dealkylation sites (tertiary alicyclic amines) is 1. The first kappa shape index (κ1) is 15.3. The van der Waals surface area contributed by atoms with Crippen LogP contribution in [0.4, 0.5) is 0 Å². The molecule has 1 aliphatic heterocycles. The first-order chi connectivity index (χ1) is 11.1. The second-order valence-electron chi connectivity index (χ2n) is 5.34. The van der Waals surface area contributed by atoms with Crippen molar-refractivity contribution < 1.29 is 9.53 Å². The van der Waals surface area contributed by atoms with Gasteiger partial charge in [-0.1, -0.05) is 23.7 Å². The van der Waals surface area contributed by atoms with E-state index in [0.717, 1.165) is 5.56 Å². The highest BCUT2D eigenvalue weighted by Gasteiger charge is 2.32. The van der Waals surface area contributed by atoms with Crippen molar-refractivity contribution in [2.24, 2.45) is 0 Å². The maximum absolute atomic E-state index is 12.1. The molecule has 3 rings (SSSR count). The lowest BCUT2D eigenvalue weighted by molar-refractivity contribution is -0.139. The maximum Gasteiger partial charge on any atom is 0.227 e. The zero-order valence-corrected chi connectivity index (χ0v) is 13.0. The van der Waals surface area contributed by atoms with Crippen molar-refractivity contribution in [1.82, 2.24) is 9.88 Å². The second-order valence-corrected chi connectivity index (χ2v) is 5.78. The molecule has 0 aliphatic carbocycles. The minimum Gasteiger partial charge on any atom is -0.471 e. The van der Waals surface area contributed by atoms with E-state index >= 15 is 0 Å². The zero-order chi connectivity index (χ0) is 16.2. The van der Waals surface area contributed by atoms with Crippen LogP contribution in [-0.4, -0.2) is 35.0 Å². The number of carbonyl (C=O) groups is 1. The minimum atomic E-state index is -0.0513. The Morgan fingerprint density at radius 3 is 2.65 bits per heavy atom. The smallest absolute Gasteiger partial charge is 0.227 e. The molecule has 2 heterocycles. The van der Waals surface area contributed by atoms with Gasteiger partial charge in [0.15, 0.2) is 0 Å². The molecule has 1 saturated heterocycles. The van der Waals surface area contributed by atoms with Gasteiger partial charge in [0.25, 0.3) is 0 Å². The summed E-state index contributed by atoms with van der Waals surface area (Å²) in [6.07, 6.45) is 1.78. The number of amides is 1. The van der Waals surface area contributed by atoms with Crippen LogP contribution in [0.2, 0.25) is 5.02 Å². The molecule has 0 atom stereocenters. The lowest BCUT2D eigenvalue weighted by Gasteiger charge is -2.38. The molecule has 0 saturated carbocycles. The fourth-order valence-corrected chi connectivity index (χ4v) is 2.42. The van der Waals surface area contributed by atoms with Crippen LogP contribution in [0.5, 0.6) is 5.88 Å². The number of rotatable bonds is 4. The number of ether oxygens (including phenoxy) is 1. The van der Waals surface area contributed by atoms with Gasteiger partial charge >= 0.3 is 0 Å². The second kappa shape index (κ2) is 6.67. The summed E-state index contributed by atoms with van der Waals surface area (Å²) < 4.78 is 5.66. The van der Waals surface area contributed by atoms with Crippen LogP contribution in [0.15, 0.2) is 42.6 Å². The van der Waals surface area contributed by atoms with Gasteiger partial charge in [0.2, 0.25) is 11.8 Å². The van der Waals surface area contributed by atoms with Crippen LogP contribution in [0.3, 0.4) is 0 Å². The van der Waals surface area contributed by atoms with Crippen LogP contribution in [-0.2, 0) is 11.2 Å². The molecule has 5 nitrogen and oxygen atoms in total. The first-order valence-corrected chi connectivity index (χ1v) is 7.57. The number of nitrogens with zero attached hydrogens (tertiary/aromatic N) is 3. The van der Waals surface area contributed by atoms with Crippen molar-refractivity contribution in [2.75, 3.05) is 13.1 Å². The summed E-state index contributed by atoms with van der Waals surface area (Å²) in [4.78, 5) is 18.0. The third-order valence-electron chi connectivity index (χ3n) is 3.62. The number of aromatic nitrogens is 1. The van der Waals surface area contributed by atoms with Crippen molar-refractivity contribution in [2.45, 2.75) is 12.5 Å². The van der Waals surface area contributed by atoms with E-state index in [-0.39, 0.29) is 12.0 Å². The summed E-state index contributed by atoms with van der Waals surface area (Å²) in [5.74, 6) is 0.541. The summed E-state index contributed by atoms with van der Waals surface area (Å²) in [5, 5.41) is 9.38. The Bertz CT molecular complexity index is 732. The normalized spacial score (nSPS) is 14.0. The molecular formula is C17H14ClN3O2. The van der Waals surface area contributed by atoms with E-state index in [0.29, 0.717) is 36.0 Å². The van der Waals surface area contributed by atoms with E-state index in [1.54, 1.807) is 29.2 Å². The number of halogens is 1. The number of nitriles is 1. The maximum atomic E-state index is 12.1. The zero-order valence-electron chi connectivity index (χ0n) is 12.3. The molecule has 0 spiro atoms. The predicted molar refractivity (Wildman–Crippen MR) is 85.1 cm³/mol. The monoisotopic (exact) mass is 327 g/mol. The summed E-state index contributed by atoms with van der Waals surface area (Å²) in [6.45, 7) is 1.10. The van der Waals surface area contributed by atoms with Gasteiger partial charge < -0.3 is 9.64 Å². The van der Waals surface area contributed by atoms with E-state index in [2.05, 4.69) is 4.98 Å². The molecule has 0 N–H and O–H groups in total. The topological polar surface area (TPSA) is 66.2 Å². The number of hydrogen-bond donors (Lipinski definition) is 0. The van der Waals surface area contributed by atoms with Gasteiger partial charge in [-0.25, -0.2) is 4.98 Å². The van der Waals surface area contributed by atoms with Gasteiger partial charge in [0.1, 0.15) is 12.2 Å². The third-order valence-corrected chi connectivity index (χ3v) is 3.87. The van der Waals surface area contributed by atoms with Crippen molar-refractivity contribution in [3.8, 4) is 11.9 Å². The van der Waals surface area contributed by atoms with Crippen molar-refractivity contribution in [3.05, 3.63) is 58.7 Å². The van der Waals surface area contributed by atoms with Gasteiger partial charge in [-0.3, -0.25) is 4.79 Å². The van der Waals surface area contributed by atoms with Gasteiger partial charge in [-0.2, -0.15) is 5.26 Å². The molecule has 0 unspecified atom stereocenters. The number of carbonyl (C=O) groups excluding carboxylic acids is 1. The molecular weight excluding hydrogens is 314 g/mol. The standard InChI is InChI=1S/C17H14ClN3O2/c18-14-4-1-12(2-5-14)7-17(22)21-10-15(11-21)23-16-6-3-13(8-19)9-20-16/h1-6,9,15H,7,10-11H2. The van der Waals surface area contributed by atoms with Gasteiger partial charge in [0, 0.05) is 17.3 Å². The summed E-state index contributed by atoms with van der Waals surface area (Å²) in [6, 6.07) is 12.6.